The van der Waals surface area contributed by atoms with E-state index in [0.717, 1.165) is 5.56 Å². The molecule has 1 aliphatic heterocycles. The zero-order chi connectivity index (χ0) is 23.8. The molecule has 1 saturated heterocycles. The molecule has 2 heterocycles. The molecule has 0 spiro atoms. The highest BCUT2D eigenvalue weighted by molar-refractivity contribution is 6.09. The number of benzene rings is 2. The first-order valence-electron chi connectivity index (χ1n) is 11.4. The summed E-state index contributed by atoms with van der Waals surface area (Å²) in [7, 11) is 0. The van der Waals surface area contributed by atoms with E-state index in [1.807, 2.05) is 60.7 Å². The van der Waals surface area contributed by atoms with Crippen LogP contribution in [0.1, 0.15) is 58.7 Å². The van der Waals surface area contributed by atoms with Crippen LogP contribution in [0.25, 0.3) is 0 Å². The van der Waals surface area contributed by atoms with Gasteiger partial charge in [-0.3, -0.25) is 14.6 Å². The quantitative estimate of drug-likeness (QED) is 0.336. The molecular formula is C28H27NO5. The minimum Gasteiger partial charge on any atom is -0.481 e. The highest BCUT2D eigenvalue weighted by atomic mass is 16.7. The van der Waals surface area contributed by atoms with Crippen LogP contribution in [-0.2, 0) is 14.3 Å². The molecule has 3 aromatic rings. The van der Waals surface area contributed by atoms with Crippen LogP contribution in [0.3, 0.4) is 0 Å². The third-order valence-electron chi connectivity index (χ3n) is 5.80. The normalized spacial score (nSPS) is 20.3. The Balaban J connectivity index is 1.55. The van der Waals surface area contributed by atoms with Gasteiger partial charge in [0.25, 0.3) is 0 Å². The van der Waals surface area contributed by atoms with Gasteiger partial charge >= 0.3 is 5.97 Å². The molecule has 0 amide bonds. The summed E-state index contributed by atoms with van der Waals surface area (Å²) in [6.07, 6.45) is 7.66. The summed E-state index contributed by atoms with van der Waals surface area (Å²) in [5.74, 6) is -0.864. The van der Waals surface area contributed by atoms with Gasteiger partial charge in [-0.15, -0.1) is 0 Å². The molecular weight excluding hydrogens is 430 g/mol. The topological polar surface area (TPSA) is 85.7 Å². The first-order chi connectivity index (χ1) is 16.6. The van der Waals surface area contributed by atoms with Crippen molar-refractivity contribution in [3.63, 3.8) is 0 Å². The van der Waals surface area contributed by atoms with Crippen LogP contribution in [0.4, 0.5) is 0 Å². The van der Waals surface area contributed by atoms with Gasteiger partial charge < -0.3 is 14.6 Å². The van der Waals surface area contributed by atoms with E-state index < -0.39 is 12.3 Å². The summed E-state index contributed by atoms with van der Waals surface area (Å²) in [5.41, 5.74) is 2.79. The lowest BCUT2D eigenvalue weighted by Gasteiger charge is -2.37. The molecule has 1 aliphatic rings. The number of nitrogens with zero attached hydrogens (tertiary/aromatic N) is 1. The predicted molar refractivity (Wildman–Crippen MR) is 127 cm³/mol. The molecule has 1 aromatic heterocycles. The number of pyridine rings is 1. The van der Waals surface area contributed by atoms with E-state index in [0.29, 0.717) is 36.1 Å². The molecule has 2 aromatic carbocycles. The maximum atomic E-state index is 13.2. The summed E-state index contributed by atoms with van der Waals surface area (Å²) < 4.78 is 12.6. The monoisotopic (exact) mass is 457 g/mol. The van der Waals surface area contributed by atoms with E-state index in [2.05, 4.69) is 4.98 Å². The Morgan fingerprint density at radius 2 is 1.79 bits per heavy atom. The van der Waals surface area contributed by atoms with Crippen molar-refractivity contribution in [1.29, 1.82) is 0 Å². The van der Waals surface area contributed by atoms with Crippen molar-refractivity contribution in [2.75, 3.05) is 6.61 Å². The molecule has 6 nitrogen and oxygen atoms in total. The second-order valence-electron chi connectivity index (χ2n) is 8.19. The number of rotatable bonds is 9. The standard InChI is InChI=1S/C28H27NO5/c30-25(31)16-6-2-5-12-22-19-33-28(34-27(22)21-13-9-17-29-18-21)24-15-8-7-14-23(24)26(32)20-10-3-1-4-11-20/h1-5,7-11,13-15,17-18,22,27-28H,6,12,16,19H2,(H,30,31)/b5-2-. The van der Waals surface area contributed by atoms with Crippen LogP contribution < -0.4 is 0 Å². The van der Waals surface area contributed by atoms with Crippen molar-refractivity contribution in [3.05, 3.63) is 114 Å². The lowest BCUT2D eigenvalue weighted by molar-refractivity contribution is -0.244. The van der Waals surface area contributed by atoms with E-state index in [4.69, 9.17) is 14.6 Å². The minimum atomic E-state index is -0.811. The Hall–Kier alpha value is -3.61. The predicted octanol–water partition coefficient (Wildman–Crippen LogP) is 5.53. The second-order valence-corrected chi connectivity index (χ2v) is 8.19. The Labute approximate surface area is 198 Å². The molecule has 4 rings (SSSR count). The number of aromatic nitrogens is 1. The van der Waals surface area contributed by atoms with Crippen molar-refractivity contribution in [2.45, 2.75) is 31.7 Å². The zero-order valence-electron chi connectivity index (χ0n) is 18.7. The summed E-state index contributed by atoms with van der Waals surface area (Å²) in [4.78, 5) is 28.2. The van der Waals surface area contributed by atoms with Crippen LogP contribution >= 0.6 is 0 Å². The largest absolute Gasteiger partial charge is 0.481 e. The molecule has 0 bridgehead atoms. The molecule has 1 N–H and O–H groups in total. The van der Waals surface area contributed by atoms with Gasteiger partial charge in [0.15, 0.2) is 12.1 Å². The average molecular weight is 458 g/mol. The van der Waals surface area contributed by atoms with Crippen molar-refractivity contribution in [3.8, 4) is 0 Å². The molecule has 174 valence electrons. The highest BCUT2D eigenvalue weighted by Crippen LogP contribution is 2.40. The molecule has 34 heavy (non-hydrogen) atoms. The van der Waals surface area contributed by atoms with E-state index in [9.17, 15) is 9.59 Å². The molecule has 6 heteroatoms. The summed E-state index contributed by atoms with van der Waals surface area (Å²) in [6, 6.07) is 20.4. The van der Waals surface area contributed by atoms with Gasteiger partial charge in [0.2, 0.25) is 0 Å². The van der Waals surface area contributed by atoms with Crippen molar-refractivity contribution in [2.24, 2.45) is 5.92 Å². The minimum absolute atomic E-state index is 0.0264. The van der Waals surface area contributed by atoms with Gasteiger partial charge in [-0.05, 0) is 24.5 Å². The SMILES string of the molecule is O=C(O)CC/C=C\CC1COC(c2ccccc2C(=O)c2ccccc2)OC1c1cccnc1. The van der Waals surface area contributed by atoms with Crippen LogP contribution in [0, 0.1) is 5.92 Å². The van der Waals surface area contributed by atoms with Gasteiger partial charge in [-0.25, -0.2) is 0 Å². The van der Waals surface area contributed by atoms with Gasteiger partial charge in [0.1, 0.15) is 0 Å². The van der Waals surface area contributed by atoms with Crippen LogP contribution in [0.2, 0.25) is 0 Å². The molecule has 1 fully saturated rings. The third kappa shape index (κ3) is 5.84. The van der Waals surface area contributed by atoms with E-state index in [-0.39, 0.29) is 24.2 Å². The molecule has 3 atom stereocenters. The Kier molecular flexibility index (Phi) is 7.96. The van der Waals surface area contributed by atoms with Crippen molar-refractivity contribution >= 4 is 11.8 Å². The van der Waals surface area contributed by atoms with Crippen molar-refractivity contribution < 1.29 is 24.2 Å². The number of hydrogen-bond donors (Lipinski definition) is 1. The molecule has 3 unspecified atom stereocenters. The fourth-order valence-corrected chi connectivity index (χ4v) is 4.08. The number of aliphatic carboxylic acids is 1. The molecule has 0 aliphatic carbocycles. The number of carboxylic acids is 1. The number of allylic oxidation sites excluding steroid dienone is 2. The first-order valence-corrected chi connectivity index (χ1v) is 11.4. The maximum absolute atomic E-state index is 13.2. The van der Waals surface area contributed by atoms with E-state index in [1.54, 1.807) is 30.6 Å². The summed E-state index contributed by atoms with van der Waals surface area (Å²) in [6.45, 7) is 0.432. The second kappa shape index (κ2) is 11.5. The van der Waals surface area contributed by atoms with Gasteiger partial charge in [-0.2, -0.15) is 0 Å². The highest BCUT2D eigenvalue weighted by Gasteiger charge is 2.35. The molecule has 0 saturated carbocycles. The number of carboxylic acid groups (broad SMARTS) is 1. The molecule has 0 radical (unpaired) electrons. The Morgan fingerprint density at radius 3 is 2.56 bits per heavy atom. The fraction of sp³-hybridized carbons (Fsp3) is 0.250. The Bertz CT molecular complexity index is 1130. The van der Waals surface area contributed by atoms with Crippen molar-refractivity contribution in [1.82, 2.24) is 4.98 Å². The van der Waals surface area contributed by atoms with Gasteiger partial charge in [0, 0.05) is 41.4 Å². The van der Waals surface area contributed by atoms with Crippen LogP contribution in [0.5, 0.6) is 0 Å². The maximum Gasteiger partial charge on any atom is 0.303 e. The fourth-order valence-electron chi connectivity index (χ4n) is 4.08. The lowest BCUT2D eigenvalue weighted by atomic mass is 9.92. The number of hydrogen-bond acceptors (Lipinski definition) is 5. The van der Waals surface area contributed by atoms with E-state index in [1.165, 1.54) is 0 Å². The van der Waals surface area contributed by atoms with Crippen LogP contribution in [0.15, 0.2) is 91.3 Å². The zero-order valence-corrected chi connectivity index (χ0v) is 18.7. The number of carbonyl (C=O) groups is 2. The lowest BCUT2D eigenvalue weighted by Crippen LogP contribution is -2.31. The number of ether oxygens (including phenoxy) is 2. The van der Waals surface area contributed by atoms with Gasteiger partial charge in [-0.1, -0.05) is 72.8 Å². The number of ketones is 1. The average Bonchev–Trinajstić information content (AvgIpc) is 2.89. The number of carbonyl (C=O) groups excluding carboxylic acids is 1. The van der Waals surface area contributed by atoms with Gasteiger partial charge in [0.05, 0.1) is 12.7 Å². The Morgan fingerprint density at radius 1 is 1.00 bits per heavy atom. The summed E-state index contributed by atoms with van der Waals surface area (Å²) >= 11 is 0. The summed E-state index contributed by atoms with van der Waals surface area (Å²) in [5, 5.41) is 8.82. The third-order valence-corrected chi connectivity index (χ3v) is 5.80. The first kappa shape index (κ1) is 23.5. The smallest absolute Gasteiger partial charge is 0.303 e. The van der Waals surface area contributed by atoms with E-state index >= 15 is 0 Å². The van der Waals surface area contributed by atoms with Crippen LogP contribution in [-0.4, -0.2) is 28.4 Å².